The first-order chi connectivity index (χ1) is 12.1. The molecule has 0 atom stereocenters. The summed E-state index contributed by atoms with van der Waals surface area (Å²) < 4.78 is 0. The number of nitrogens with one attached hydrogen (secondary N) is 1. The van der Waals surface area contributed by atoms with Crippen molar-refractivity contribution < 1.29 is 9.90 Å². The average molecular weight is 328 g/mol. The lowest BCUT2D eigenvalue weighted by atomic mass is 10.0. The maximum Gasteiger partial charge on any atom is 0.337 e. The summed E-state index contributed by atoms with van der Waals surface area (Å²) in [5.41, 5.74) is 8.41. The van der Waals surface area contributed by atoms with Crippen LogP contribution >= 0.6 is 0 Å². The molecule has 0 amide bonds. The van der Waals surface area contributed by atoms with E-state index in [4.69, 9.17) is 5.73 Å². The molecule has 0 spiro atoms. The van der Waals surface area contributed by atoms with Crippen molar-refractivity contribution in [2.75, 3.05) is 11.1 Å². The monoisotopic (exact) mass is 328 g/mol. The zero-order valence-corrected chi connectivity index (χ0v) is 13.4. The molecule has 0 saturated carbocycles. The van der Waals surface area contributed by atoms with E-state index in [2.05, 4.69) is 29.6 Å². The van der Waals surface area contributed by atoms with Crippen molar-refractivity contribution >= 4 is 44.6 Å². The summed E-state index contributed by atoms with van der Waals surface area (Å²) in [7, 11) is 0. The number of hydrogen-bond donors (Lipinski definition) is 3. The maximum absolute atomic E-state index is 11.4. The first-order valence-corrected chi connectivity index (χ1v) is 7.93. The predicted octanol–water partition coefficient (Wildman–Crippen LogP) is 5.02. The summed E-state index contributed by atoms with van der Waals surface area (Å²) in [5.74, 6) is -0.970. The molecule has 25 heavy (non-hydrogen) atoms. The van der Waals surface area contributed by atoms with E-state index in [0.717, 1.165) is 27.2 Å². The summed E-state index contributed by atoms with van der Waals surface area (Å²) in [4.78, 5) is 11.4. The van der Waals surface area contributed by atoms with Crippen LogP contribution < -0.4 is 11.1 Å². The van der Waals surface area contributed by atoms with Crippen molar-refractivity contribution in [1.82, 2.24) is 0 Å². The molecule has 0 aliphatic rings. The predicted molar refractivity (Wildman–Crippen MR) is 103 cm³/mol. The molecule has 4 aromatic rings. The summed E-state index contributed by atoms with van der Waals surface area (Å²) >= 11 is 0. The minimum Gasteiger partial charge on any atom is -0.478 e. The highest BCUT2D eigenvalue weighted by Gasteiger charge is 2.10. The van der Waals surface area contributed by atoms with Gasteiger partial charge in [-0.1, -0.05) is 36.4 Å². The van der Waals surface area contributed by atoms with Crippen molar-refractivity contribution in [3.05, 3.63) is 78.4 Å². The van der Waals surface area contributed by atoms with Gasteiger partial charge >= 0.3 is 5.97 Å². The van der Waals surface area contributed by atoms with Crippen LogP contribution in [0, 0.1) is 0 Å². The topological polar surface area (TPSA) is 75.3 Å². The molecule has 0 radical (unpaired) electrons. The number of para-hydroxylation sites is 1. The number of nitrogen functional groups attached to an aromatic ring is 1. The fraction of sp³-hybridized carbons (Fsp3) is 0. The highest BCUT2D eigenvalue weighted by atomic mass is 16.4. The molecule has 0 saturated heterocycles. The molecule has 0 aliphatic carbocycles. The van der Waals surface area contributed by atoms with E-state index in [1.807, 2.05) is 24.3 Å². The molecule has 4 rings (SSSR count). The number of aromatic carboxylic acids is 1. The first-order valence-electron chi connectivity index (χ1n) is 7.93. The minimum absolute atomic E-state index is 0.222. The van der Waals surface area contributed by atoms with Crippen molar-refractivity contribution in [1.29, 1.82) is 0 Å². The number of carboxylic acid groups (broad SMARTS) is 1. The highest BCUT2D eigenvalue weighted by Crippen LogP contribution is 2.32. The molecule has 0 aromatic heterocycles. The van der Waals surface area contributed by atoms with Gasteiger partial charge in [-0.3, -0.25) is 0 Å². The Balaban J connectivity index is 1.83. The van der Waals surface area contributed by atoms with Crippen LogP contribution in [0.5, 0.6) is 0 Å². The molecule has 4 N–H and O–H groups in total. The van der Waals surface area contributed by atoms with Crippen molar-refractivity contribution in [2.24, 2.45) is 0 Å². The van der Waals surface area contributed by atoms with E-state index < -0.39 is 5.97 Å². The third kappa shape index (κ3) is 2.74. The van der Waals surface area contributed by atoms with Crippen LogP contribution in [0.4, 0.5) is 17.1 Å². The van der Waals surface area contributed by atoms with Crippen molar-refractivity contribution in [3.8, 4) is 0 Å². The van der Waals surface area contributed by atoms with E-state index in [-0.39, 0.29) is 5.56 Å². The first kappa shape index (κ1) is 15.0. The second-order valence-electron chi connectivity index (χ2n) is 5.96. The van der Waals surface area contributed by atoms with Gasteiger partial charge in [0.05, 0.1) is 11.3 Å². The number of nitrogens with two attached hydrogens (primary N) is 1. The van der Waals surface area contributed by atoms with Gasteiger partial charge in [0.1, 0.15) is 0 Å². The van der Waals surface area contributed by atoms with E-state index in [1.165, 1.54) is 0 Å². The number of carbonyl (C=O) groups is 1. The van der Waals surface area contributed by atoms with Crippen molar-refractivity contribution in [3.63, 3.8) is 0 Å². The second-order valence-corrected chi connectivity index (χ2v) is 5.96. The van der Waals surface area contributed by atoms with Gasteiger partial charge in [0.25, 0.3) is 0 Å². The average Bonchev–Trinajstić information content (AvgIpc) is 2.60. The van der Waals surface area contributed by atoms with Crippen LogP contribution in [0.15, 0.2) is 72.8 Å². The number of rotatable bonds is 3. The number of fused-ring (bicyclic) bond motifs is 2. The van der Waals surface area contributed by atoms with Gasteiger partial charge in [-0.2, -0.15) is 0 Å². The second kappa shape index (κ2) is 5.83. The summed E-state index contributed by atoms with van der Waals surface area (Å²) in [5, 5.41) is 16.8. The van der Waals surface area contributed by atoms with Gasteiger partial charge < -0.3 is 16.2 Å². The van der Waals surface area contributed by atoms with Gasteiger partial charge in [-0.25, -0.2) is 4.79 Å². The highest BCUT2D eigenvalue weighted by molar-refractivity contribution is 6.05. The van der Waals surface area contributed by atoms with Crippen LogP contribution in [0.1, 0.15) is 10.4 Å². The number of hydrogen-bond acceptors (Lipinski definition) is 3. The van der Waals surface area contributed by atoms with Crippen LogP contribution in [0.3, 0.4) is 0 Å². The zero-order valence-electron chi connectivity index (χ0n) is 13.4. The molecule has 4 heteroatoms. The quantitative estimate of drug-likeness (QED) is 0.365. The Morgan fingerprint density at radius 2 is 1.52 bits per heavy atom. The van der Waals surface area contributed by atoms with Crippen LogP contribution in [0.2, 0.25) is 0 Å². The summed E-state index contributed by atoms with van der Waals surface area (Å²) in [6.45, 7) is 0. The Labute approximate surface area is 144 Å². The lowest BCUT2D eigenvalue weighted by Crippen LogP contribution is -2.02. The fourth-order valence-corrected chi connectivity index (χ4v) is 3.09. The van der Waals surface area contributed by atoms with Crippen LogP contribution in [-0.4, -0.2) is 11.1 Å². The number of carboxylic acids is 1. The summed E-state index contributed by atoms with van der Waals surface area (Å²) in [6.07, 6.45) is 0. The standard InChI is InChI=1S/C21H16N2O2/c22-19-12-16(23-20-8-4-3-7-17(20)21(24)25)10-15-9-13-5-1-2-6-14(13)11-18(15)19/h1-12,23H,22H2,(H,24,25). The van der Waals surface area contributed by atoms with Gasteiger partial charge in [-0.15, -0.1) is 0 Å². The lowest BCUT2D eigenvalue weighted by molar-refractivity contribution is 0.0698. The molecule has 0 unspecified atom stereocenters. The van der Waals surface area contributed by atoms with Gasteiger partial charge in [0.15, 0.2) is 0 Å². The minimum atomic E-state index is -0.970. The normalized spacial score (nSPS) is 10.9. The molecule has 0 fully saturated rings. The van der Waals surface area contributed by atoms with E-state index in [0.29, 0.717) is 11.4 Å². The molecule has 0 bridgehead atoms. The van der Waals surface area contributed by atoms with E-state index >= 15 is 0 Å². The smallest absolute Gasteiger partial charge is 0.337 e. The van der Waals surface area contributed by atoms with E-state index in [9.17, 15) is 9.90 Å². The van der Waals surface area contributed by atoms with E-state index in [1.54, 1.807) is 24.3 Å². The van der Waals surface area contributed by atoms with Crippen LogP contribution in [-0.2, 0) is 0 Å². The largest absolute Gasteiger partial charge is 0.478 e. The maximum atomic E-state index is 11.4. The molecule has 4 aromatic carbocycles. The molecule has 0 heterocycles. The Bertz CT molecular complexity index is 1120. The van der Waals surface area contributed by atoms with Crippen molar-refractivity contribution in [2.45, 2.75) is 0 Å². The zero-order chi connectivity index (χ0) is 17.4. The molecular weight excluding hydrogens is 312 g/mol. The third-order valence-corrected chi connectivity index (χ3v) is 4.29. The van der Waals surface area contributed by atoms with Gasteiger partial charge in [0.2, 0.25) is 0 Å². The molecule has 4 nitrogen and oxygen atoms in total. The Kier molecular flexibility index (Phi) is 3.51. The number of benzene rings is 4. The molecule has 0 aliphatic heterocycles. The third-order valence-electron chi connectivity index (χ3n) is 4.29. The number of anilines is 3. The van der Waals surface area contributed by atoms with Crippen LogP contribution in [0.25, 0.3) is 21.5 Å². The summed E-state index contributed by atoms with van der Waals surface area (Å²) in [6, 6.07) is 22.9. The van der Waals surface area contributed by atoms with Gasteiger partial charge in [-0.05, 0) is 52.6 Å². The molecule has 122 valence electrons. The van der Waals surface area contributed by atoms with Gasteiger partial charge in [0, 0.05) is 16.8 Å². The SMILES string of the molecule is Nc1cc(Nc2ccccc2C(=O)O)cc2cc3ccccc3cc12. The molecular formula is C21H16N2O2. The Morgan fingerprint density at radius 1 is 0.840 bits per heavy atom. The Morgan fingerprint density at radius 3 is 2.28 bits per heavy atom. The Hall–Kier alpha value is -3.53. The fourth-order valence-electron chi connectivity index (χ4n) is 3.09. The lowest BCUT2D eigenvalue weighted by Gasteiger charge is -2.12.